The predicted molar refractivity (Wildman–Crippen MR) is 122 cm³/mol. The number of fused-ring (bicyclic) bond motifs is 1. The summed E-state index contributed by atoms with van der Waals surface area (Å²) < 4.78 is 6.22. The van der Waals surface area contributed by atoms with Crippen LogP contribution in [0, 0.1) is 0 Å². The third kappa shape index (κ3) is 4.01. The van der Waals surface area contributed by atoms with Crippen molar-refractivity contribution < 1.29 is 19.1 Å². The van der Waals surface area contributed by atoms with Crippen molar-refractivity contribution in [1.82, 2.24) is 15.1 Å². The zero-order chi connectivity index (χ0) is 22.9. The molecule has 1 aliphatic carbocycles. The van der Waals surface area contributed by atoms with E-state index in [0.717, 1.165) is 30.6 Å². The highest BCUT2D eigenvalue weighted by atomic mass is 32.2. The maximum Gasteiger partial charge on any atom is 0.358 e. The number of aromatic nitrogens is 2. The van der Waals surface area contributed by atoms with Crippen LogP contribution in [0.3, 0.4) is 0 Å². The Morgan fingerprint density at radius 2 is 1.97 bits per heavy atom. The summed E-state index contributed by atoms with van der Waals surface area (Å²) in [4.78, 5) is 41.9. The third-order valence-corrected chi connectivity index (χ3v) is 7.01. The van der Waals surface area contributed by atoms with Gasteiger partial charge in [-0.1, -0.05) is 25.3 Å². The van der Waals surface area contributed by atoms with Gasteiger partial charge in [0.05, 0.1) is 13.7 Å². The summed E-state index contributed by atoms with van der Waals surface area (Å²) in [7, 11) is 1.27. The molecule has 8 nitrogen and oxygen atoms in total. The molecule has 2 heterocycles. The molecule has 1 aromatic carbocycles. The fraction of sp³-hybridized carbons (Fsp3) is 0.478. The number of benzene rings is 1. The Hall–Kier alpha value is -2.81. The molecule has 1 atom stereocenters. The van der Waals surface area contributed by atoms with Crippen LogP contribution < -0.4 is 10.2 Å². The van der Waals surface area contributed by atoms with Crippen LogP contribution in [0.25, 0.3) is 0 Å². The van der Waals surface area contributed by atoms with Gasteiger partial charge in [-0.05, 0) is 44.2 Å². The van der Waals surface area contributed by atoms with Gasteiger partial charge in [0, 0.05) is 22.7 Å². The number of anilines is 1. The number of nitrogens with zero attached hydrogens (tertiary/aromatic N) is 3. The Morgan fingerprint density at radius 3 is 2.66 bits per heavy atom. The largest absolute Gasteiger partial charge is 0.464 e. The maximum atomic E-state index is 13.7. The average molecular weight is 457 g/mol. The second-order valence-electron chi connectivity index (χ2n) is 8.49. The highest BCUT2D eigenvalue weighted by Gasteiger charge is 2.49. The first kappa shape index (κ1) is 22.4. The summed E-state index contributed by atoms with van der Waals surface area (Å²) in [5.74, 6) is -1.21. The van der Waals surface area contributed by atoms with Crippen LogP contribution >= 0.6 is 11.8 Å². The summed E-state index contributed by atoms with van der Waals surface area (Å²) >= 11 is 1.56. The van der Waals surface area contributed by atoms with E-state index in [4.69, 9.17) is 4.74 Å². The van der Waals surface area contributed by atoms with Crippen molar-refractivity contribution in [3.8, 4) is 0 Å². The van der Waals surface area contributed by atoms with E-state index in [1.807, 2.05) is 30.5 Å². The van der Waals surface area contributed by atoms with Crippen molar-refractivity contribution in [2.24, 2.45) is 0 Å². The Bertz CT molecular complexity index is 1050. The molecule has 0 radical (unpaired) electrons. The molecule has 1 fully saturated rings. The molecule has 1 aromatic heterocycles. The number of thioether (sulfide) groups is 1. The molecule has 0 spiro atoms. The Labute approximate surface area is 191 Å². The monoisotopic (exact) mass is 456 g/mol. The maximum absolute atomic E-state index is 13.7. The SMILES string of the molecule is COC(=O)c1cc2n(n1)C[C@@](C)(C(=O)NC1CCCCC1)N(c1cccc(SC)c1)C2=O. The van der Waals surface area contributed by atoms with Crippen LogP contribution in [0.2, 0.25) is 0 Å². The number of amides is 2. The normalized spacial score (nSPS) is 21.2. The van der Waals surface area contributed by atoms with E-state index in [1.54, 1.807) is 23.6 Å². The number of hydrogen-bond acceptors (Lipinski definition) is 6. The van der Waals surface area contributed by atoms with Gasteiger partial charge in [0.25, 0.3) is 5.91 Å². The minimum Gasteiger partial charge on any atom is -0.464 e. The number of carbonyl (C=O) groups excluding carboxylic acids is 3. The lowest BCUT2D eigenvalue weighted by atomic mass is 9.91. The summed E-state index contributed by atoms with van der Waals surface area (Å²) in [6, 6.07) is 9.10. The number of nitrogens with one attached hydrogen (secondary N) is 1. The Kier molecular flexibility index (Phi) is 6.28. The number of methoxy groups -OCH3 is 1. The Balaban J connectivity index is 1.76. The van der Waals surface area contributed by atoms with Gasteiger partial charge in [-0.15, -0.1) is 11.8 Å². The molecular weight excluding hydrogens is 428 g/mol. The molecular formula is C23H28N4O4S. The van der Waals surface area contributed by atoms with Gasteiger partial charge < -0.3 is 10.1 Å². The summed E-state index contributed by atoms with van der Waals surface area (Å²) in [6.45, 7) is 1.89. The van der Waals surface area contributed by atoms with Crippen LogP contribution in [0.4, 0.5) is 5.69 Å². The van der Waals surface area contributed by atoms with Crippen LogP contribution in [0.15, 0.2) is 35.2 Å². The first-order valence-corrected chi connectivity index (χ1v) is 12.1. The molecule has 2 amide bonds. The van der Waals surface area contributed by atoms with Crippen molar-refractivity contribution in [2.75, 3.05) is 18.3 Å². The van der Waals surface area contributed by atoms with E-state index >= 15 is 0 Å². The van der Waals surface area contributed by atoms with Gasteiger partial charge in [-0.3, -0.25) is 19.2 Å². The highest BCUT2D eigenvalue weighted by molar-refractivity contribution is 7.98. The molecule has 1 aliphatic heterocycles. The van der Waals surface area contributed by atoms with Gasteiger partial charge in [0.2, 0.25) is 5.91 Å². The van der Waals surface area contributed by atoms with E-state index in [1.165, 1.54) is 24.3 Å². The molecule has 32 heavy (non-hydrogen) atoms. The van der Waals surface area contributed by atoms with Gasteiger partial charge in [-0.25, -0.2) is 4.79 Å². The molecule has 170 valence electrons. The van der Waals surface area contributed by atoms with E-state index in [9.17, 15) is 14.4 Å². The zero-order valence-corrected chi connectivity index (χ0v) is 19.4. The summed E-state index contributed by atoms with van der Waals surface area (Å²) in [5, 5.41) is 7.45. The minimum atomic E-state index is -1.21. The molecule has 4 rings (SSSR count). The molecule has 2 aliphatic rings. The van der Waals surface area contributed by atoms with Gasteiger partial charge in [0.15, 0.2) is 5.69 Å². The van der Waals surface area contributed by atoms with Gasteiger partial charge in [-0.2, -0.15) is 5.10 Å². The van der Waals surface area contributed by atoms with Crippen molar-refractivity contribution in [3.63, 3.8) is 0 Å². The summed E-state index contributed by atoms with van der Waals surface area (Å²) in [6.07, 6.45) is 7.21. The first-order valence-electron chi connectivity index (χ1n) is 10.8. The van der Waals surface area contributed by atoms with Crippen molar-refractivity contribution in [3.05, 3.63) is 41.7 Å². The summed E-state index contributed by atoms with van der Waals surface area (Å²) in [5.41, 5.74) is -0.276. The van der Waals surface area contributed by atoms with Crippen LogP contribution in [-0.4, -0.2) is 52.5 Å². The first-order chi connectivity index (χ1) is 15.4. The van der Waals surface area contributed by atoms with Crippen LogP contribution in [0.5, 0.6) is 0 Å². The molecule has 0 unspecified atom stereocenters. The second kappa shape index (κ2) is 8.97. The van der Waals surface area contributed by atoms with E-state index in [2.05, 4.69) is 10.4 Å². The standard InChI is InChI=1S/C23H28N4O4S/c1-23(22(30)24-15-8-5-4-6-9-15)14-26-19(13-18(25-26)21(29)31-2)20(28)27(23)16-10-7-11-17(12-16)32-3/h7,10-13,15H,4-6,8-9,14H2,1-3H3,(H,24,30)/t23-/m0/s1. The molecule has 1 saturated carbocycles. The van der Waals surface area contributed by atoms with Gasteiger partial charge >= 0.3 is 5.97 Å². The minimum absolute atomic E-state index is 0.0469. The third-order valence-electron chi connectivity index (χ3n) is 6.29. The number of hydrogen-bond donors (Lipinski definition) is 1. The molecule has 2 aromatic rings. The number of ether oxygens (including phenoxy) is 1. The molecule has 0 saturated heterocycles. The lowest BCUT2D eigenvalue weighted by Crippen LogP contribution is -2.65. The van der Waals surface area contributed by atoms with Crippen molar-refractivity contribution >= 4 is 35.2 Å². The smallest absolute Gasteiger partial charge is 0.358 e. The quantitative estimate of drug-likeness (QED) is 0.548. The van der Waals surface area contributed by atoms with Gasteiger partial charge in [0.1, 0.15) is 11.2 Å². The zero-order valence-electron chi connectivity index (χ0n) is 18.6. The second-order valence-corrected chi connectivity index (χ2v) is 9.37. The molecule has 1 N–H and O–H groups in total. The van der Waals surface area contributed by atoms with E-state index < -0.39 is 11.5 Å². The number of esters is 1. The average Bonchev–Trinajstić information content (AvgIpc) is 3.23. The van der Waals surface area contributed by atoms with Crippen molar-refractivity contribution in [2.45, 2.75) is 62.0 Å². The fourth-order valence-electron chi connectivity index (χ4n) is 4.53. The fourth-order valence-corrected chi connectivity index (χ4v) is 4.98. The number of rotatable bonds is 5. The highest BCUT2D eigenvalue weighted by Crippen LogP contribution is 2.35. The molecule has 0 bridgehead atoms. The lowest BCUT2D eigenvalue weighted by molar-refractivity contribution is -0.127. The lowest BCUT2D eigenvalue weighted by Gasteiger charge is -2.44. The van der Waals surface area contributed by atoms with E-state index in [-0.39, 0.29) is 35.8 Å². The Morgan fingerprint density at radius 1 is 1.22 bits per heavy atom. The number of carbonyl (C=O) groups is 3. The van der Waals surface area contributed by atoms with E-state index in [0.29, 0.717) is 5.69 Å². The van der Waals surface area contributed by atoms with Crippen molar-refractivity contribution in [1.29, 1.82) is 0 Å². The predicted octanol–water partition coefficient (Wildman–Crippen LogP) is 3.26. The van der Waals surface area contributed by atoms with Crippen LogP contribution in [-0.2, 0) is 16.1 Å². The van der Waals surface area contributed by atoms with Crippen LogP contribution in [0.1, 0.15) is 60.0 Å². The molecule has 9 heteroatoms. The topological polar surface area (TPSA) is 93.5 Å².